The standard InChI is InChI=1S/C14H14F3NOS/c1-18(11(19)10-5-3-2-4-6-10)12-7-13(8-12,9-12)20-14(15,16)17/h2-6H,7-9H2,1H3. The number of halogens is 3. The molecular weight excluding hydrogens is 287 g/mol. The Bertz CT molecular complexity index is 523. The van der Waals surface area contributed by atoms with Crippen molar-refractivity contribution in [2.24, 2.45) is 0 Å². The molecule has 0 radical (unpaired) electrons. The van der Waals surface area contributed by atoms with E-state index in [2.05, 4.69) is 0 Å². The Morgan fingerprint density at radius 2 is 1.75 bits per heavy atom. The van der Waals surface area contributed by atoms with Crippen LogP contribution in [-0.2, 0) is 0 Å². The number of alkyl halides is 3. The molecular formula is C14H14F3NOS. The Labute approximate surface area is 119 Å². The lowest BCUT2D eigenvalue weighted by Gasteiger charge is -2.72. The third kappa shape index (κ3) is 2.10. The first-order valence-corrected chi connectivity index (χ1v) is 7.17. The third-order valence-corrected chi connectivity index (χ3v) is 5.42. The number of hydrogen-bond donors (Lipinski definition) is 0. The van der Waals surface area contributed by atoms with Gasteiger partial charge in [0.05, 0.1) is 0 Å². The van der Waals surface area contributed by atoms with Crippen molar-refractivity contribution in [1.29, 1.82) is 0 Å². The summed E-state index contributed by atoms with van der Waals surface area (Å²) in [7, 11) is 1.69. The molecule has 3 fully saturated rings. The topological polar surface area (TPSA) is 20.3 Å². The second-order valence-electron chi connectivity index (χ2n) is 5.72. The highest BCUT2D eigenvalue weighted by atomic mass is 32.2. The summed E-state index contributed by atoms with van der Waals surface area (Å²) >= 11 is 0.0973. The average molecular weight is 301 g/mol. The molecule has 1 aromatic carbocycles. The van der Waals surface area contributed by atoms with E-state index in [9.17, 15) is 18.0 Å². The van der Waals surface area contributed by atoms with Crippen molar-refractivity contribution in [2.75, 3.05) is 7.05 Å². The molecule has 3 saturated carbocycles. The molecule has 6 heteroatoms. The van der Waals surface area contributed by atoms with Gasteiger partial charge in [0.2, 0.25) is 0 Å². The summed E-state index contributed by atoms with van der Waals surface area (Å²) < 4.78 is 36.6. The van der Waals surface area contributed by atoms with E-state index in [1.165, 1.54) is 0 Å². The molecule has 3 aliphatic carbocycles. The lowest BCUT2D eigenvalue weighted by Crippen LogP contribution is -2.77. The van der Waals surface area contributed by atoms with Gasteiger partial charge in [-0.05, 0) is 43.2 Å². The smallest absolute Gasteiger partial charge is 0.336 e. The van der Waals surface area contributed by atoms with E-state index in [1.807, 2.05) is 6.07 Å². The highest BCUT2D eigenvalue weighted by molar-refractivity contribution is 8.01. The van der Waals surface area contributed by atoms with Crippen LogP contribution < -0.4 is 0 Å². The van der Waals surface area contributed by atoms with Gasteiger partial charge in [-0.1, -0.05) is 18.2 Å². The van der Waals surface area contributed by atoms with Crippen molar-refractivity contribution in [3.8, 4) is 0 Å². The van der Waals surface area contributed by atoms with Crippen molar-refractivity contribution < 1.29 is 18.0 Å². The average Bonchev–Trinajstić information content (AvgIpc) is 2.30. The molecule has 0 N–H and O–H groups in total. The van der Waals surface area contributed by atoms with E-state index in [1.54, 1.807) is 36.2 Å². The van der Waals surface area contributed by atoms with Crippen molar-refractivity contribution in [3.63, 3.8) is 0 Å². The molecule has 2 bridgehead atoms. The summed E-state index contributed by atoms with van der Waals surface area (Å²) in [6.07, 6.45) is 1.33. The second-order valence-corrected chi connectivity index (χ2v) is 7.25. The van der Waals surface area contributed by atoms with E-state index < -0.39 is 10.3 Å². The predicted octanol–water partition coefficient (Wildman–Crippen LogP) is 3.69. The molecule has 0 aromatic heterocycles. The van der Waals surface area contributed by atoms with Crippen LogP contribution in [0.3, 0.4) is 0 Å². The van der Waals surface area contributed by atoms with Crippen LogP contribution in [0.15, 0.2) is 30.3 Å². The van der Waals surface area contributed by atoms with Gasteiger partial charge in [0, 0.05) is 22.9 Å². The number of carbonyl (C=O) groups is 1. The minimum Gasteiger partial charge on any atom is -0.336 e. The van der Waals surface area contributed by atoms with E-state index in [4.69, 9.17) is 0 Å². The van der Waals surface area contributed by atoms with E-state index in [0.717, 1.165) is 0 Å². The summed E-state index contributed by atoms with van der Waals surface area (Å²) in [5, 5.41) is 0. The molecule has 0 saturated heterocycles. The van der Waals surface area contributed by atoms with Gasteiger partial charge in [0.15, 0.2) is 0 Å². The van der Waals surface area contributed by atoms with Gasteiger partial charge in [-0.3, -0.25) is 4.79 Å². The van der Waals surface area contributed by atoms with Gasteiger partial charge < -0.3 is 4.90 Å². The van der Waals surface area contributed by atoms with Gasteiger partial charge in [-0.2, -0.15) is 13.2 Å². The first kappa shape index (κ1) is 13.8. The van der Waals surface area contributed by atoms with Crippen molar-refractivity contribution >= 4 is 17.7 Å². The zero-order valence-corrected chi connectivity index (χ0v) is 11.7. The van der Waals surface area contributed by atoms with Crippen molar-refractivity contribution in [2.45, 2.75) is 35.1 Å². The Balaban J connectivity index is 1.65. The van der Waals surface area contributed by atoms with Crippen LogP contribution in [0.5, 0.6) is 0 Å². The first-order chi connectivity index (χ1) is 9.25. The molecule has 0 atom stereocenters. The Morgan fingerprint density at radius 1 is 1.20 bits per heavy atom. The lowest BCUT2D eigenvalue weighted by molar-refractivity contribution is -0.0991. The van der Waals surface area contributed by atoms with Crippen LogP contribution >= 0.6 is 11.8 Å². The fraction of sp³-hybridized carbons (Fsp3) is 0.500. The lowest BCUT2D eigenvalue weighted by atomic mass is 9.48. The van der Waals surface area contributed by atoms with Crippen LogP contribution in [0.4, 0.5) is 13.2 Å². The number of carbonyl (C=O) groups excluding carboxylic acids is 1. The molecule has 1 aromatic rings. The number of nitrogens with zero attached hydrogens (tertiary/aromatic N) is 1. The van der Waals surface area contributed by atoms with Crippen molar-refractivity contribution in [1.82, 2.24) is 4.90 Å². The zero-order chi connectivity index (χ0) is 14.6. The monoisotopic (exact) mass is 301 g/mol. The summed E-state index contributed by atoms with van der Waals surface area (Å²) in [4.78, 5) is 13.9. The van der Waals surface area contributed by atoms with Gasteiger partial charge in [-0.15, -0.1) is 0 Å². The fourth-order valence-corrected chi connectivity index (χ4v) is 4.86. The summed E-state index contributed by atoms with van der Waals surface area (Å²) in [5.74, 6) is -0.115. The Morgan fingerprint density at radius 3 is 2.25 bits per heavy atom. The van der Waals surface area contributed by atoms with Crippen LogP contribution in [0, 0.1) is 0 Å². The SMILES string of the molecule is CN(C(=O)c1ccccc1)C12CC(SC(F)(F)F)(C1)C2. The molecule has 108 valence electrons. The van der Waals surface area contributed by atoms with E-state index in [0.29, 0.717) is 24.8 Å². The van der Waals surface area contributed by atoms with Gasteiger partial charge >= 0.3 is 5.51 Å². The highest BCUT2D eigenvalue weighted by Crippen LogP contribution is 2.72. The molecule has 2 nitrogen and oxygen atoms in total. The minimum absolute atomic E-state index is 0.0973. The molecule has 0 aliphatic heterocycles. The largest absolute Gasteiger partial charge is 0.442 e. The summed E-state index contributed by atoms with van der Waals surface area (Å²) in [6, 6.07) is 8.84. The molecule has 0 spiro atoms. The molecule has 1 amide bonds. The van der Waals surface area contributed by atoms with Crippen molar-refractivity contribution in [3.05, 3.63) is 35.9 Å². The molecule has 20 heavy (non-hydrogen) atoms. The van der Waals surface area contributed by atoms with E-state index in [-0.39, 0.29) is 23.2 Å². The van der Waals surface area contributed by atoms with Gasteiger partial charge in [0.1, 0.15) is 0 Å². The number of rotatable bonds is 3. The maximum Gasteiger partial charge on any atom is 0.442 e. The Kier molecular flexibility index (Phi) is 2.87. The number of hydrogen-bond acceptors (Lipinski definition) is 2. The maximum atomic E-state index is 12.4. The number of amides is 1. The predicted molar refractivity (Wildman–Crippen MR) is 71.5 cm³/mol. The van der Waals surface area contributed by atoms with Crippen LogP contribution in [0.2, 0.25) is 0 Å². The quantitative estimate of drug-likeness (QED) is 0.848. The minimum atomic E-state index is -4.19. The molecule has 0 heterocycles. The van der Waals surface area contributed by atoms with E-state index >= 15 is 0 Å². The molecule has 4 rings (SSSR count). The summed E-state index contributed by atoms with van der Waals surface area (Å²) in [6.45, 7) is 0. The maximum absolute atomic E-state index is 12.4. The number of thioether (sulfide) groups is 1. The van der Waals surface area contributed by atoms with Gasteiger partial charge in [0.25, 0.3) is 5.91 Å². The molecule has 3 aliphatic rings. The zero-order valence-electron chi connectivity index (χ0n) is 10.9. The molecule has 0 unspecified atom stereocenters. The Hall–Kier alpha value is -1.17. The van der Waals surface area contributed by atoms with Crippen LogP contribution in [-0.4, -0.2) is 33.6 Å². The normalized spacial score (nSPS) is 31.2. The highest BCUT2D eigenvalue weighted by Gasteiger charge is 2.73. The first-order valence-electron chi connectivity index (χ1n) is 6.36. The fourth-order valence-electron chi connectivity index (χ4n) is 3.34. The van der Waals surface area contributed by atoms with Gasteiger partial charge in [-0.25, -0.2) is 0 Å². The number of benzene rings is 1. The van der Waals surface area contributed by atoms with Crippen LogP contribution in [0.25, 0.3) is 0 Å². The second kappa shape index (κ2) is 4.16. The van der Waals surface area contributed by atoms with Crippen LogP contribution in [0.1, 0.15) is 29.6 Å². The third-order valence-electron chi connectivity index (χ3n) is 4.32. The summed E-state index contributed by atoms with van der Waals surface area (Å²) in [5.41, 5.74) is -3.96.